The first-order chi connectivity index (χ1) is 11.8. The average molecular weight is 359 g/mol. The Hall–Kier alpha value is -1.98. The van der Waals surface area contributed by atoms with Crippen LogP contribution in [-0.4, -0.2) is 23.7 Å². The van der Waals surface area contributed by atoms with Crippen LogP contribution >= 0.6 is 23.5 Å². The van der Waals surface area contributed by atoms with Crippen molar-refractivity contribution in [2.45, 2.75) is 18.2 Å². The van der Waals surface area contributed by atoms with Crippen molar-refractivity contribution in [2.24, 2.45) is 16.0 Å². The number of aliphatic imine (C=N–C) groups is 1. The zero-order chi connectivity index (χ0) is 16.8. The van der Waals surface area contributed by atoms with Crippen LogP contribution in [0, 0.1) is 5.92 Å². The lowest BCUT2D eigenvalue weighted by atomic mass is 10.1. The first kappa shape index (κ1) is 16.9. The number of benzene rings is 2. The zero-order valence-corrected chi connectivity index (χ0v) is 15.0. The van der Waals surface area contributed by atoms with E-state index in [2.05, 4.69) is 16.7 Å². The highest BCUT2D eigenvalue weighted by Gasteiger charge is 2.21. The number of hydrazone groups is 1. The molecule has 1 atom stereocenters. The molecular weight excluding hydrogens is 340 g/mol. The summed E-state index contributed by atoms with van der Waals surface area (Å²) in [6.45, 7) is 3.00. The van der Waals surface area contributed by atoms with Crippen molar-refractivity contribution < 1.29 is 0 Å². The molecule has 2 aromatic rings. The van der Waals surface area contributed by atoms with Crippen LogP contribution in [0.3, 0.4) is 0 Å². The number of para-hydroxylation sites is 1. The molecule has 1 aliphatic rings. The molecule has 0 radical (unpaired) electrons. The Morgan fingerprint density at radius 3 is 2.71 bits per heavy atom. The van der Waals surface area contributed by atoms with E-state index in [1.165, 1.54) is 11.9 Å². The Balaban J connectivity index is 1.79. The van der Waals surface area contributed by atoms with Gasteiger partial charge in [-0.1, -0.05) is 48.9 Å². The van der Waals surface area contributed by atoms with Crippen LogP contribution in [0.25, 0.3) is 0 Å². The van der Waals surface area contributed by atoms with E-state index in [-0.39, 0.29) is 0 Å². The van der Waals surface area contributed by atoms with Crippen molar-refractivity contribution in [3.8, 4) is 0 Å². The SMILES string of the molecule is CCC1C=NN(C(=Nc2ccccc2)NSc2ccccc2Cl)C1. The molecule has 6 heteroatoms. The second-order valence-electron chi connectivity index (χ2n) is 5.42. The van der Waals surface area contributed by atoms with E-state index in [1.54, 1.807) is 0 Å². The summed E-state index contributed by atoms with van der Waals surface area (Å²) < 4.78 is 3.31. The van der Waals surface area contributed by atoms with Gasteiger partial charge in [-0.2, -0.15) is 5.10 Å². The van der Waals surface area contributed by atoms with E-state index in [0.717, 1.165) is 23.5 Å². The molecule has 0 saturated carbocycles. The number of hydrogen-bond acceptors (Lipinski definition) is 3. The maximum absolute atomic E-state index is 6.23. The van der Waals surface area contributed by atoms with Gasteiger partial charge in [-0.05, 0) is 42.6 Å². The Labute approximate surface area is 151 Å². The molecule has 0 fully saturated rings. The second-order valence-corrected chi connectivity index (χ2v) is 6.68. The van der Waals surface area contributed by atoms with Gasteiger partial charge < -0.3 is 0 Å². The molecule has 0 amide bonds. The Kier molecular flexibility index (Phi) is 5.77. The van der Waals surface area contributed by atoms with Crippen molar-refractivity contribution in [3.05, 3.63) is 59.6 Å². The average Bonchev–Trinajstić information content (AvgIpc) is 3.10. The fourth-order valence-corrected chi connectivity index (χ4v) is 3.17. The van der Waals surface area contributed by atoms with Gasteiger partial charge in [-0.3, -0.25) is 4.72 Å². The Bertz CT molecular complexity index is 733. The molecule has 24 heavy (non-hydrogen) atoms. The predicted molar refractivity (Wildman–Crippen MR) is 103 cm³/mol. The quantitative estimate of drug-likeness (QED) is 0.477. The lowest BCUT2D eigenvalue weighted by Crippen LogP contribution is -2.34. The first-order valence-corrected chi connectivity index (χ1v) is 9.08. The van der Waals surface area contributed by atoms with Crippen LogP contribution in [0.1, 0.15) is 13.3 Å². The third-order valence-electron chi connectivity index (χ3n) is 3.67. The summed E-state index contributed by atoms with van der Waals surface area (Å²) in [7, 11) is 0. The fourth-order valence-electron chi connectivity index (χ4n) is 2.25. The highest BCUT2D eigenvalue weighted by molar-refractivity contribution is 7.98. The van der Waals surface area contributed by atoms with Crippen molar-refractivity contribution in [2.75, 3.05) is 6.54 Å². The predicted octanol–water partition coefficient (Wildman–Crippen LogP) is 4.95. The molecular formula is C18H19ClN4S. The number of nitrogens with zero attached hydrogens (tertiary/aromatic N) is 3. The van der Waals surface area contributed by atoms with Gasteiger partial charge in [0.2, 0.25) is 5.96 Å². The Morgan fingerprint density at radius 1 is 1.25 bits per heavy atom. The van der Waals surface area contributed by atoms with E-state index in [4.69, 9.17) is 16.6 Å². The van der Waals surface area contributed by atoms with Crippen LogP contribution in [0.2, 0.25) is 5.02 Å². The summed E-state index contributed by atoms with van der Waals surface area (Å²) in [4.78, 5) is 5.66. The van der Waals surface area contributed by atoms with Gasteiger partial charge in [0, 0.05) is 17.0 Å². The van der Waals surface area contributed by atoms with Crippen LogP contribution < -0.4 is 4.72 Å². The van der Waals surface area contributed by atoms with Gasteiger partial charge in [-0.25, -0.2) is 10.0 Å². The molecule has 4 nitrogen and oxygen atoms in total. The second kappa shape index (κ2) is 8.22. The molecule has 1 N–H and O–H groups in total. The number of halogens is 1. The molecule has 1 unspecified atom stereocenters. The molecule has 0 aromatic heterocycles. The molecule has 0 spiro atoms. The van der Waals surface area contributed by atoms with Crippen molar-refractivity contribution >= 4 is 41.4 Å². The number of guanidine groups is 1. The first-order valence-electron chi connectivity index (χ1n) is 7.89. The van der Waals surface area contributed by atoms with Crippen LogP contribution in [0.4, 0.5) is 5.69 Å². The summed E-state index contributed by atoms with van der Waals surface area (Å²) in [5.41, 5.74) is 0.884. The smallest absolute Gasteiger partial charge is 0.230 e. The summed E-state index contributed by atoms with van der Waals surface area (Å²) in [5, 5.41) is 7.11. The van der Waals surface area contributed by atoms with Gasteiger partial charge in [-0.15, -0.1) is 0 Å². The van der Waals surface area contributed by atoms with Crippen LogP contribution in [0.15, 0.2) is 69.6 Å². The third-order valence-corrected chi connectivity index (χ3v) is 4.98. The maximum Gasteiger partial charge on any atom is 0.230 e. The minimum absolute atomic E-state index is 0.457. The topological polar surface area (TPSA) is 40.0 Å². The Morgan fingerprint density at radius 2 is 2.00 bits per heavy atom. The van der Waals surface area contributed by atoms with Gasteiger partial charge in [0.25, 0.3) is 0 Å². The summed E-state index contributed by atoms with van der Waals surface area (Å²) >= 11 is 7.67. The summed E-state index contributed by atoms with van der Waals surface area (Å²) in [5.74, 6) is 1.16. The van der Waals surface area contributed by atoms with Crippen molar-refractivity contribution in [3.63, 3.8) is 0 Å². The summed E-state index contributed by atoms with van der Waals surface area (Å²) in [6.07, 6.45) is 3.05. The van der Waals surface area contributed by atoms with Gasteiger partial charge in [0.05, 0.1) is 17.3 Å². The molecule has 1 heterocycles. The standard InChI is InChI=1S/C18H19ClN4S/c1-2-14-12-20-23(13-14)18(21-15-8-4-3-5-9-15)22-24-17-11-7-6-10-16(17)19/h3-12,14H,2,13H2,1H3,(H,21,22). The number of hydrogen-bond donors (Lipinski definition) is 1. The van der Waals surface area contributed by atoms with E-state index in [0.29, 0.717) is 16.9 Å². The monoisotopic (exact) mass is 358 g/mol. The van der Waals surface area contributed by atoms with Crippen molar-refractivity contribution in [1.29, 1.82) is 0 Å². The van der Waals surface area contributed by atoms with Crippen LogP contribution in [0.5, 0.6) is 0 Å². The normalized spacial score (nSPS) is 17.3. The number of nitrogens with one attached hydrogen (secondary N) is 1. The third kappa shape index (κ3) is 4.30. The summed E-state index contributed by atoms with van der Waals surface area (Å²) in [6, 6.07) is 17.6. The van der Waals surface area contributed by atoms with E-state index < -0.39 is 0 Å². The molecule has 0 bridgehead atoms. The van der Waals surface area contributed by atoms with E-state index >= 15 is 0 Å². The lowest BCUT2D eigenvalue weighted by molar-refractivity contribution is 0.433. The zero-order valence-electron chi connectivity index (χ0n) is 13.4. The maximum atomic E-state index is 6.23. The highest BCUT2D eigenvalue weighted by atomic mass is 35.5. The lowest BCUT2D eigenvalue weighted by Gasteiger charge is -2.19. The van der Waals surface area contributed by atoms with Gasteiger partial charge >= 0.3 is 0 Å². The molecule has 124 valence electrons. The van der Waals surface area contributed by atoms with Gasteiger partial charge in [0.1, 0.15) is 0 Å². The van der Waals surface area contributed by atoms with Crippen molar-refractivity contribution in [1.82, 2.24) is 9.73 Å². The molecule has 0 saturated heterocycles. The van der Waals surface area contributed by atoms with Crippen LogP contribution in [-0.2, 0) is 0 Å². The molecule has 3 rings (SSSR count). The van der Waals surface area contributed by atoms with Gasteiger partial charge in [0.15, 0.2) is 0 Å². The molecule has 0 aliphatic carbocycles. The minimum Gasteiger partial charge on any atom is -0.294 e. The minimum atomic E-state index is 0.457. The highest BCUT2D eigenvalue weighted by Crippen LogP contribution is 2.25. The molecule has 2 aromatic carbocycles. The number of rotatable bonds is 4. The largest absolute Gasteiger partial charge is 0.294 e. The fraction of sp³-hybridized carbons (Fsp3) is 0.222. The van der Waals surface area contributed by atoms with E-state index in [1.807, 2.05) is 65.8 Å². The van der Waals surface area contributed by atoms with E-state index in [9.17, 15) is 0 Å². The molecule has 1 aliphatic heterocycles.